The molecule has 2 aromatic carbocycles. The Morgan fingerprint density at radius 1 is 1.17 bits per heavy atom. The van der Waals surface area contributed by atoms with Gasteiger partial charge < -0.3 is 10.2 Å². The summed E-state index contributed by atoms with van der Waals surface area (Å²) in [6.07, 6.45) is -1.08. The van der Waals surface area contributed by atoms with Crippen LogP contribution in [0.3, 0.4) is 0 Å². The van der Waals surface area contributed by atoms with Crippen molar-refractivity contribution in [2.24, 2.45) is 5.41 Å². The molecule has 190 valence electrons. The van der Waals surface area contributed by atoms with Gasteiger partial charge in [-0.25, -0.2) is 0 Å². The van der Waals surface area contributed by atoms with Gasteiger partial charge in [0.25, 0.3) is 0 Å². The molecule has 1 aliphatic heterocycles. The van der Waals surface area contributed by atoms with Gasteiger partial charge >= 0.3 is 6.18 Å². The molecule has 8 heteroatoms. The van der Waals surface area contributed by atoms with Crippen molar-refractivity contribution in [3.05, 3.63) is 82.4 Å². The molecule has 0 spiro atoms. The first kappa shape index (κ1) is 27.6. The van der Waals surface area contributed by atoms with Crippen LogP contribution in [0.15, 0.2) is 61.2 Å². The van der Waals surface area contributed by atoms with Crippen LogP contribution < -0.4 is 5.32 Å². The van der Waals surface area contributed by atoms with Crippen molar-refractivity contribution in [3.8, 4) is 0 Å². The van der Waals surface area contributed by atoms with E-state index in [9.17, 15) is 18.0 Å². The van der Waals surface area contributed by atoms with Gasteiger partial charge in [0.1, 0.15) is 0 Å². The molecule has 1 amide bonds. The highest BCUT2D eigenvalue weighted by Crippen LogP contribution is 2.52. The molecule has 1 heterocycles. The quantitative estimate of drug-likeness (QED) is 0.270. The number of hydrogen-bond donors (Lipinski definition) is 1. The predicted molar refractivity (Wildman–Crippen MR) is 136 cm³/mol. The maximum Gasteiger partial charge on any atom is 0.401 e. The van der Waals surface area contributed by atoms with Crippen molar-refractivity contribution in [2.75, 3.05) is 13.1 Å². The topological polar surface area (TPSA) is 32.3 Å². The molecule has 4 atom stereocenters. The van der Waals surface area contributed by atoms with Crippen LogP contribution in [0.4, 0.5) is 13.2 Å². The van der Waals surface area contributed by atoms with E-state index < -0.39 is 18.1 Å². The molecule has 0 unspecified atom stereocenters. The molecule has 0 aliphatic carbocycles. The van der Waals surface area contributed by atoms with E-state index in [2.05, 4.69) is 11.9 Å². The molecule has 1 aliphatic rings. The molecule has 1 N–H and O–H groups in total. The fraction of sp³-hybridized carbons (Fsp3) is 0.444. The number of halogens is 5. The van der Waals surface area contributed by atoms with Gasteiger partial charge in [0.2, 0.25) is 5.91 Å². The van der Waals surface area contributed by atoms with Crippen molar-refractivity contribution in [3.63, 3.8) is 0 Å². The summed E-state index contributed by atoms with van der Waals surface area (Å²) in [5, 5.41) is 3.65. The van der Waals surface area contributed by atoms with Crippen molar-refractivity contribution >= 4 is 29.1 Å². The van der Waals surface area contributed by atoms with E-state index in [1.165, 1.54) is 0 Å². The third kappa shape index (κ3) is 6.81. The van der Waals surface area contributed by atoms with E-state index >= 15 is 0 Å². The molecule has 0 aromatic heterocycles. The Labute approximate surface area is 215 Å². The molecule has 35 heavy (non-hydrogen) atoms. The summed E-state index contributed by atoms with van der Waals surface area (Å²) in [5.41, 5.74) is 1.22. The number of allylic oxidation sites excluding steroid dienone is 1. The number of benzene rings is 2. The summed E-state index contributed by atoms with van der Waals surface area (Å²) in [4.78, 5) is 15.8. The number of likely N-dealkylation sites (tertiary alicyclic amines) is 1. The van der Waals surface area contributed by atoms with Crippen LogP contribution in [0.25, 0.3) is 0 Å². The molecular weight excluding hydrogens is 496 g/mol. The van der Waals surface area contributed by atoms with E-state index in [1.54, 1.807) is 18.2 Å². The number of hydrogen-bond acceptors (Lipinski definition) is 2. The smallest absolute Gasteiger partial charge is 0.332 e. The molecule has 3 nitrogen and oxygen atoms in total. The van der Waals surface area contributed by atoms with Gasteiger partial charge in [-0.2, -0.15) is 13.2 Å². The number of rotatable bonds is 9. The number of carbonyl (C=O) groups is 1. The summed E-state index contributed by atoms with van der Waals surface area (Å²) >= 11 is 12.5. The van der Waals surface area contributed by atoms with E-state index in [0.29, 0.717) is 29.3 Å². The van der Waals surface area contributed by atoms with Crippen LogP contribution in [-0.4, -0.2) is 36.1 Å². The highest BCUT2D eigenvalue weighted by molar-refractivity contribution is 6.30. The van der Waals surface area contributed by atoms with Crippen LogP contribution in [0.2, 0.25) is 10.0 Å². The van der Waals surface area contributed by atoms with E-state index in [4.69, 9.17) is 23.2 Å². The fourth-order valence-electron chi connectivity index (χ4n) is 5.05. The van der Waals surface area contributed by atoms with Gasteiger partial charge in [-0.05, 0) is 68.1 Å². The summed E-state index contributed by atoms with van der Waals surface area (Å²) in [7, 11) is 0. The van der Waals surface area contributed by atoms with Crippen LogP contribution in [0.5, 0.6) is 0 Å². The SMILES string of the molecule is C=CC[C@@]1(C)C[C@H](c2cccc(Cl)c2)[C@@H](c2ccc(Cl)cc2)N([C@@H](C)CCNCC(F)(F)F)C1=O. The van der Waals surface area contributed by atoms with Gasteiger partial charge in [-0.1, -0.05) is 60.5 Å². The molecular formula is C27H31Cl2F3N2O. The second kappa shape index (κ2) is 11.4. The molecule has 0 saturated carbocycles. The maximum absolute atomic E-state index is 14.0. The molecule has 3 rings (SSSR count). The first-order valence-electron chi connectivity index (χ1n) is 11.7. The minimum atomic E-state index is -4.28. The third-order valence-corrected chi connectivity index (χ3v) is 7.21. The fourth-order valence-corrected chi connectivity index (χ4v) is 5.37. The second-order valence-electron chi connectivity index (χ2n) is 9.56. The Morgan fingerprint density at radius 3 is 2.46 bits per heavy atom. The van der Waals surface area contributed by atoms with E-state index in [-0.39, 0.29) is 30.5 Å². The van der Waals surface area contributed by atoms with E-state index in [0.717, 1.165) is 11.1 Å². The molecule has 1 saturated heterocycles. The Balaban J connectivity index is 2.04. The minimum absolute atomic E-state index is 0.0288. The zero-order valence-electron chi connectivity index (χ0n) is 19.9. The number of nitrogens with zero attached hydrogens (tertiary/aromatic N) is 1. The Hall–Kier alpha value is -2.02. The number of alkyl halides is 3. The monoisotopic (exact) mass is 526 g/mol. The normalized spacial score (nSPS) is 23.9. The average molecular weight is 527 g/mol. The van der Waals surface area contributed by atoms with Crippen LogP contribution in [0.1, 0.15) is 56.2 Å². The minimum Gasteiger partial charge on any atom is -0.332 e. The lowest BCUT2D eigenvalue weighted by Gasteiger charge is -2.51. The van der Waals surface area contributed by atoms with Gasteiger partial charge in [0.05, 0.1) is 18.0 Å². The lowest BCUT2D eigenvalue weighted by atomic mass is 9.67. The van der Waals surface area contributed by atoms with Crippen molar-refractivity contribution < 1.29 is 18.0 Å². The number of nitrogens with one attached hydrogen (secondary N) is 1. The van der Waals surface area contributed by atoms with Crippen LogP contribution in [-0.2, 0) is 4.79 Å². The number of amides is 1. The summed E-state index contributed by atoms with van der Waals surface area (Å²) in [5.74, 6) is -0.109. The highest BCUT2D eigenvalue weighted by Gasteiger charge is 2.50. The van der Waals surface area contributed by atoms with Crippen molar-refractivity contribution in [2.45, 2.75) is 57.3 Å². The lowest BCUT2D eigenvalue weighted by molar-refractivity contribution is -0.154. The van der Waals surface area contributed by atoms with Crippen molar-refractivity contribution in [1.82, 2.24) is 10.2 Å². The van der Waals surface area contributed by atoms with Crippen LogP contribution >= 0.6 is 23.2 Å². The standard InChI is InChI=1S/C27H31Cl2F3N2O/c1-4-13-26(3)16-23(20-6-5-7-22(29)15-20)24(19-8-10-21(28)11-9-19)34(25(26)35)18(2)12-14-33-17-27(30,31)32/h4-11,15,18,23-24,33H,1,12-14,16-17H2,2-3H3/t18-,23+,24+,26-/m0/s1. The zero-order chi connectivity index (χ0) is 25.8. The largest absolute Gasteiger partial charge is 0.401 e. The molecule has 0 bridgehead atoms. The maximum atomic E-state index is 14.0. The number of carbonyl (C=O) groups excluding carboxylic acids is 1. The zero-order valence-corrected chi connectivity index (χ0v) is 21.4. The summed E-state index contributed by atoms with van der Waals surface area (Å²) in [6, 6.07) is 14.4. The first-order valence-corrected chi connectivity index (χ1v) is 12.4. The molecule has 2 aromatic rings. The Morgan fingerprint density at radius 2 is 1.86 bits per heavy atom. The van der Waals surface area contributed by atoms with Gasteiger partial charge in [0, 0.05) is 22.0 Å². The highest BCUT2D eigenvalue weighted by atomic mass is 35.5. The van der Waals surface area contributed by atoms with Gasteiger partial charge in [-0.15, -0.1) is 6.58 Å². The summed E-state index contributed by atoms with van der Waals surface area (Å²) < 4.78 is 37.8. The second-order valence-corrected chi connectivity index (χ2v) is 10.4. The predicted octanol–water partition coefficient (Wildman–Crippen LogP) is 7.56. The van der Waals surface area contributed by atoms with E-state index in [1.807, 2.05) is 55.1 Å². The summed E-state index contributed by atoms with van der Waals surface area (Å²) in [6.45, 7) is 6.77. The Bertz CT molecular complexity index is 1030. The Kier molecular flexibility index (Phi) is 8.95. The first-order chi connectivity index (χ1) is 16.4. The number of piperidine rings is 1. The van der Waals surface area contributed by atoms with Gasteiger partial charge in [-0.3, -0.25) is 4.79 Å². The average Bonchev–Trinajstić information content (AvgIpc) is 2.78. The van der Waals surface area contributed by atoms with Crippen molar-refractivity contribution in [1.29, 1.82) is 0 Å². The molecule has 1 fully saturated rings. The molecule has 0 radical (unpaired) electrons. The third-order valence-electron chi connectivity index (χ3n) is 6.72. The van der Waals surface area contributed by atoms with Crippen LogP contribution in [0, 0.1) is 5.41 Å². The van der Waals surface area contributed by atoms with Gasteiger partial charge in [0.15, 0.2) is 0 Å². The lowest BCUT2D eigenvalue weighted by Crippen LogP contribution is -2.55.